The average Bonchev–Trinajstić information content (AvgIpc) is 2.95. The number of nitrogens with one attached hydrogen (secondary N) is 2. The van der Waals surface area contributed by atoms with Crippen LogP contribution >= 0.6 is 0 Å². The van der Waals surface area contributed by atoms with E-state index in [4.69, 9.17) is 4.74 Å². The third-order valence-electron chi connectivity index (χ3n) is 7.09. The molecule has 0 aliphatic carbocycles. The number of methoxy groups -OCH3 is 1. The van der Waals surface area contributed by atoms with Gasteiger partial charge in [0, 0.05) is 49.7 Å². The highest BCUT2D eigenvalue weighted by atomic mass is 16.5. The van der Waals surface area contributed by atoms with Crippen LogP contribution in [0.2, 0.25) is 0 Å². The normalized spacial score (nSPS) is 13.7. The largest absolute Gasteiger partial charge is 0.495 e. The van der Waals surface area contributed by atoms with Crippen LogP contribution in [0.15, 0.2) is 66.7 Å². The monoisotopic (exact) mass is 528 g/mol. The fourth-order valence-electron chi connectivity index (χ4n) is 4.81. The van der Waals surface area contributed by atoms with Crippen molar-refractivity contribution in [1.82, 2.24) is 5.32 Å². The summed E-state index contributed by atoms with van der Waals surface area (Å²) in [5.41, 5.74) is 4.88. The molecule has 1 saturated heterocycles. The van der Waals surface area contributed by atoms with E-state index in [1.807, 2.05) is 61.5 Å². The van der Waals surface area contributed by atoms with Crippen molar-refractivity contribution in [2.75, 3.05) is 55.0 Å². The van der Waals surface area contributed by atoms with Gasteiger partial charge in [0.1, 0.15) is 5.75 Å². The summed E-state index contributed by atoms with van der Waals surface area (Å²) in [6.07, 6.45) is 0.847. The highest BCUT2D eigenvalue weighted by molar-refractivity contribution is 6.06. The standard InChI is InChI=1S/C32H40N4O3/c1-6-17-33-31(38)26-22-25(34-30(37)23-11-13-24(14-12-23)32(2,3)4)15-16-27(26)35-18-20-36(21-19-35)28-9-7-8-10-29(28)39-5/h7-16,22H,6,17-21H2,1-5H3,(H,33,38)(H,34,37). The van der Waals surface area contributed by atoms with E-state index in [9.17, 15) is 9.59 Å². The second-order valence-electron chi connectivity index (χ2n) is 10.9. The van der Waals surface area contributed by atoms with Crippen LogP contribution in [0.3, 0.4) is 0 Å². The number of rotatable bonds is 8. The third kappa shape index (κ3) is 6.72. The van der Waals surface area contributed by atoms with Gasteiger partial charge in [0.2, 0.25) is 0 Å². The van der Waals surface area contributed by atoms with Crippen molar-refractivity contribution in [2.45, 2.75) is 39.5 Å². The lowest BCUT2D eigenvalue weighted by atomic mass is 9.87. The second kappa shape index (κ2) is 12.2. The molecular weight excluding hydrogens is 488 g/mol. The topological polar surface area (TPSA) is 73.9 Å². The molecule has 206 valence electrons. The lowest BCUT2D eigenvalue weighted by molar-refractivity contribution is 0.0952. The van der Waals surface area contributed by atoms with Crippen LogP contribution in [0, 0.1) is 0 Å². The number of nitrogens with zero attached hydrogens (tertiary/aromatic N) is 2. The molecule has 0 radical (unpaired) electrons. The van der Waals surface area contributed by atoms with Gasteiger partial charge in [-0.1, -0.05) is 52.0 Å². The minimum atomic E-state index is -0.200. The van der Waals surface area contributed by atoms with Gasteiger partial charge < -0.3 is 25.2 Å². The molecule has 0 bridgehead atoms. The van der Waals surface area contributed by atoms with Gasteiger partial charge in [-0.05, 0) is 59.9 Å². The minimum Gasteiger partial charge on any atom is -0.495 e. The van der Waals surface area contributed by atoms with Gasteiger partial charge in [-0.25, -0.2) is 0 Å². The number of ether oxygens (including phenoxy) is 1. The van der Waals surface area contributed by atoms with E-state index in [-0.39, 0.29) is 17.2 Å². The van der Waals surface area contributed by atoms with Crippen molar-refractivity contribution < 1.29 is 14.3 Å². The number of hydrogen-bond donors (Lipinski definition) is 2. The zero-order chi connectivity index (χ0) is 28.0. The van der Waals surface area contributed by atoms with Gasteiger partial charge >= 0.3 is 0 Å². The predicted molar refractivity (Wildman–Crippen MR) is 160 cm³/mol. The zero-order valence-corrected chi connectivity index (χ0v) is 23.7. The van der Waals surface area contributed by atoms with Crippen molar-refractivity contribution >= 4 is 28.9 Å². The van der Waals surface area contributed by atoms with E-state index in [0.717, 1.165) is 49.7 Å². The van der Waals surface area contributed by atoms with E-state index in [1.165, 1.54) is 5.56 Å². The van der Waals surface area contributed by atoms with Crippen molar-refractivity contribution in [3.05, 3.63) is 83.4 Å². The lowest BCUT2D eigenvalue weighted by Gasteiger charge is -2.38. The Kier molecular flexibility index (Phi) is 8.79. The summed E-state index contributed by atoms with van der Waals surface area (Å²) in [6, 6.07) is 21.3. The Balaban J connectivity index is 1.52. The van der Waals surface area contributed by atoms with Gasteiger partial charge in [0.05, 0.1) is 18.4 Å². The van der Waals surface area contributed by atoms with Crippen molar-refractivity contribution in [3.8, 4) is 5.75 Å². The van der Waals surface area contributed by atoms with Crippen LogP contribution in [0.25, 0.3) is 0 Å². The molecule has 0 unspecified atom stereocenters. The van der Waals surface area contributed by atoms with E-state index in [0.29, 0.717) is 23.4 Å². The number of amides is 2. The molecule has 1 fully saturated rings. The highest BCUT2D eigenvalue weighted by Gasteiger charge is 2.24. The smallest absolute Gasteiger partial charge is 0.255 e. The molecule has 0 saturated carbocycles. The first-order valence-corrected chi connectivity index (χ1v) is 13.7. The molecular formula is C32H40N4O3. The number of hydrogen-bond acceptors (Lipinski definition) is 5. The second-order valence-corrected chi connectivity index (χ2v) is 10.9. The van der Waals surface area contributed by atoms with Gasteiger partial charge in [-0.3, -0.25) is 9.59 Å². The van der Waals surface area contributed by atoms with Crippen molar-refractivity contribution in [2.24, 2.45) is 0 Å². The van der Waals surface area contributed by atoms with Crippen LogP contribution in [-0.2, 0) is 5.41 Å². The fourth-order valence-corrected chi connectivity index (χ4v) is 4.81. The molecule has 2 N–H and O–H groups in total. The lowest BCUT2D eigenvalue weighted by Crippen LogP contribution is -2.47. The molecule has 0 aromatic heterocycles. The average molecular weight is 529 g/mol. The maximum Gasteiger partial charge on any atom is 0.255 e. The molecule has 4 rings (SSSR count). The Labute approximate surface area is 232 Å². The van der Waals surface area contributed by atoms with E-state index >= 15 is 0 Å². The molecule has 3 aromatic rings. The first-order chi connectivity index (χ1) is 18.7. The summed E-state index contributed by atoms with van der Waals surface area (Å²) < 4.78 is 5.55. The first-order valence-electron chi connectivity index (χ1n) is 13.7. The van der Waals surface area contributed by atoms with Crippen LogP contribution in [-0.4, -0.2) is 51.6 Å². The molecule has 1 aliphatic rings. The maximum absolute atomic E-state index is 13.2. The molecule has 2 amide bonds. The molecule has 39 heavy (non-hydrogen) atoms. The van der Waals surface area contributed by atoms with Crippen molar-refractivity contribution in [3.63, 3.8) is 0 Å². The number of piperazine rings is 1. The number of carbonyl (C=O) groups excluding carboxylic acids is 2. The molecule has 0 spiro atoms. The van der Waals surface area contributed by atoms with E-state index in [1.54, 1.807) is 13.2 Å². The minimum absolute atomic E-state index is 0.0181. The molecule has 0 atom stereocenters. The summed E-state index contributed by atoms with van der Waals surface area (Å²) in [5.74, 6) is 0.525. The molecule has 1 aliphatic heterocycles. The van der Waals surface area contributed by atoms with Crippen LogP contribution in [0.1, 0.15) is 60.4 Å². The fraction of sp³-hybridized carbons (Fsp3) is 0.375. The van der Waals surface area contributed by atoms with Crippen LogP contribution < -0.4 is 25.2 Å². The molecule has 1 heterocycles. The summed E-state index contributed by atoms with van der Waals surface area (Å²) >= 11 is 0. The Morgan fingerprint density at radius 1 is 0.846 bits per heavy atom. The van der Waals surface area contributed by atoms with Crippen LogP contribution in [0.4, 0.5) is 17.1 Å². The van der Waals surface area contributed by atoms with Gasteiger partial charge in [-0.2, -0.15) is 0 Å². The number of carbonyl (C=O) groups is 2. The van der Waals surface area contributed by atoms with Crippen LogP contribution in [0.5, 0.6) is 5.75 Å². The Morgan fingerprint density at radius 3 is 2.10 bits per heavy atom. The zero-order valence-electron chi connectivity index (χ0n) is 23.7. The quantitative estimate of drug-likeness (QED) is 0.392. The predicted octanol–water partition coefficient (Wildman–Crippen LogP) is 5.71. The Bertz CT molecular complexity index is 1290. The van der Waals surface area contributed by atoms with Gasteiger partial charge in [-0.15, -0.1) is 0 Å². The Morgan fingerprint density at radius 2 is 1.49 bits per heavy atom. The first kappa shape index (κ1) is 28.0. The SMILES string of the molecule is CCCNC(=O)c1cc(NC(=O)c2ccc(C(C)(C)C)cc2)ccc1N1CCN(c2ccccc2OC)CC1. The number of para-hydroxylation sites is 2. The van der Waals surface area contributed by atoms with E-state index in [2.05, 4.69) is 47.3 Å². The van der Waals surface area contributed by atoms with E-state index < -0.39 is 0 Å². The maximum atomic E-state index is 13.2. The highest BCUT2D eigenvalue weighted by Crippen LogP contribution is 2.31. The summed E-state index contributed by atoms with van der Waals surface area (Å²) in [7, 11) is 1.69. The molecule has 7 nitrogen and oxygen atoms in total. The van der Waals surface area contributed by atoms with Gasteiger partial charge in [0.25, 0.3) is 11.8 Å². The molecule has 7 heteroatoms. The summed E-state index contributed by atoms with van der Waals surface area (Å²) in [5, 5.41) is 5.98. The third-order valence-corrected chi connectivity index (χ3v) is 7.09. The summed E-state index contributed by atoms with van der Waals surface area (Å²) in [4.78, 5) is 30.7. The Hall–Kier alpha value is -4.00. The number of benzene rings is 3. The number of anilines is 3. The molecule has 3 aromatic carbocycles. The van der Waals surface area contributed by atoms with Crippen molar-refractivity contribution in [1.29, 1.82) is 0 Å². The van der Waals surface area contributed by atoms with Gasteiger partial charge in [0.15, 0.2) is 0 Å². The summed E-state index contributed by atoms with van der Waals surface area (Å²) in [6.45, 7) is 12.2.